The van der Waals surface area contributed by atoms with E-state index in [1.165, 1.54) is 32.1 Å². The number of amides is 2. The lowest BCUT2D eigenvalue weighted by Crippen LogP contribution is -2.53. The van der Waals surface area contributed by atoms with Crippen LogP contribution in [0.25, 0.3) is 0 Å². The summed E-state index contributed by atoms with van der Waals surface area (Å²) in [7, 11) is 0. The summed E-state index contributed by atoms with van der Waals surface area (Å²) in [6.45, 7) is 8.85. The Hall–Kier alpha value is -2.58. The van der Waals surface area contributed by atoms with Gasteiger partial charge in [-0.2, -0.15) is 0 Å². The first-order valence-corrected chi connectivity index (χ1v) is 12.8. The Bertz CT molecular complexity index is 889. The van der Waals surface area contributed by atoms with Gasteiger partial charge in [-0.05, 0) is 32.8 Å². The molecule has 2 fully saturated rings. The van der Waals surface area contributed by atoms with Crippen molar-refractivity contribution in [2.45, 2.75) is 58.0 Å². The van der Waals surface area contributed by atoms with Crippen LogP contribution in [-0.2, 0) is 9.53 Å². The van der Waals surface area contributed by atoms with Crippen molar-refractivity contribution in [3.05, 3.63) is 41.1 Å². The van der Waals surface area contributed by atoms with E-state index >= 15 is 0 Å². The highest BCUT2D eigenvalue weighted by Gasteiger charge is 2.36. The first-order valence-electron chi connectivity index (χ1n) is 12.8. The van der Waals surface area contributed by atoms with Crippen molar-refractivity contribution in [2.75, 3.05) is 45.9 Å². The van der Waals surface area contributed by atoms with Crippen LogP contribution in [0.1, 0.15) is 57.6 Å². The lowest BCUT2D eigenvalue weighted by atomic mass is 9.93. The number of nitrogens with one attached hydrogen (secondary N) is 2. The van der Waals surface area contributed by atoms with Crippen LogP contribution in [-0.4, -0.2) is 73.8 Å². The molecule has 4 rings (SSSR count). The van der Waals surface area contributed by atoms with Crippen molar-refractivity contribution >= 4 is 12.0 Å². The fraction of sp³-hybridized carbons (Fsp3) is 0.615. The second kappa shape index (κ2) is 11.7. The zero-order chi connectivity index (χ0) is 23.9. The summed E-state index contributed by atoms with van der Waals surface area (Å²) in [5.41, 5.74) is 1.81. The maximum absolute atomic E-state index is 13.1. The molecule has 2 N–H and O–H groups in total. The summed E-state index contributed by atoms with van der Waals surface area (Å²) < 4.78 is 11.2. The molecule has 186 valence electrons. The van der Waals surface area contributed by atoms with Crippen LogP contribution in [0, 0.1) is 0 Å². The Labute approximate surface area is 202 Å². The zero-order valence-electron chi connectivity index (χ0n) is 20.5. The quantitative estimate of drug-likeness (QED) is 0.568. The van der Waals surface area contributed by atoms with Gasteiger partial charge in [-0.3, -0.25) is 9.80 Å². The van der Waals surface area contributed by atoms with Gasteiger partial charge in [-0.25, -0.2) is 9.59 Å². The minimum Gasteiger partial charge on any atom is -0.494 e. The van der Waals surface area contributed by atoms with Gasteiger partial charge < -0.3 is 20.1 Å². The molecule has 0 unspecified atom stereocenters. The van der Waals surface area contributed by atoms with Crippen molar-refractivity contribution in [1.29, 1.82) is 0 Å². The predicted molar refractivity (Wildman–Crippen MR) is 131 cm³/mol. The van der Waals surface area contributed by atoms with Crippen molar-refractivity contribution in [3.8, 4) is 5.75 Å². The average molecular weight is 471 g/mol. The lowest BCUT2D eigenvalue weighted by Gasteiger charge is -2.41. The Morgan fingerprint density at radius 1 is 1.03 bits per heavy atom. The summed E-state index contributed by atoms with van der Waals surface area (Å²) in [5, 5.41) is 5.83. The van der Waals surface area contributed by atoms with Gasteiger partial charge in [0.05, 0.1) is 24.8 Å². The molecule has 2 amide bonds. The van der Waals surface area contributed by atoms with E-state index in [2.05, 4.69) is 20.4 Å². The third kappa shape index (κ3) is 5.73. The third-order valence-electron chi connectivity index (χ3n) is 7.06. The van der Waals surface area contributed by atoms with Crippen molar-refractivity contribution in [3.63, 3.8) is 0 Å². The number of benzene rings is 1. The third-order valence-corrected chi connectivity index (χ3v) is 7.06. The topological polar surface area (TPSA) is 83.1 Å². The molecule has 1 saturated carbocycles. The SMILES string of the molecule is CCOC(=O)C1=C(CN2CCN(C3CCCCC3)CC2)NC(=O)N[C@H]1c1ccccc1OCC. The predicted octanol–water partition coefficient (Wildman–Crippen LogP) is 3.21. The number of hydrogen-bond donors (Lipinski definition) is 2. The van der Waals surface area contributed by atoms with Gasteiger partial charge in [0, 0.05) is 50.0 Å². The number of ether oxygens (including phenoxy) is 2. The molecular weight excluding hydrogens is 432 g/mol. The molecule has 1 atom stereocenters. The molecule has 1 aromatic carbocycles. The monoisotopic (exact) mass is 470 g/mol. The number of para-hydroxylation sites is 1. The van der Waals surface area contributed by atoms with Gasteiger partial charge in [-0.15, -0.1) is 0 Å². The molecule has 0 aromatic heterocycles. The number of esters is 1. The Morgan fingerprint density at radius 3 is 2.47 bits per heavy atom. The summed E-state index contributed by atoms with van der Waals surface area (Å²) in [5.74, 6) is 0.238. The maximum atomic E-state index is 13.1. The van der Waals surface area contributed by atoms with Crippen LogP contribution in [0.15, 0.2) is 35.5 Å². The van der Waals surface area contributed by atoms with Crippen molar-refractivity contribution in [1.82, 2.24) is 20.4 Å². The number of carbonyl (C=O) groups is 2. The van der Waals surface area contributed by atoms with Crippen LogP contribution in [0.3, 0.4) is 0 Å². The van der Waals surface area contributed by atoms with E-state index in [1.54, 1.807) is 6.92 Å². The smallest absolute Gasteiger partial charge is 0.338 e. The minimum absolute atomic E-state index is 0.267. The van der Waals surface area contributed by atoms with E-state index in [0.717, 1.165) is 31.7 Å². The molecule has 1 saturated heterocycles. The van der Waals surface area contributed by atoms with Gasteiger partial charge in [0.25, 0.3) is 0 Å². The molecule has 34 heavy (non-hydrogen) atoms. The van der Waals surface area contributed by atoms with Crippen LogP contribution >= 0.6 is 0 Å². The van der Waals surface area contributed by atoms with Gasteiger partial charge in [0.2, 0.25) is 0 Å². The van der Waals surface area contributed by atoms with E-state index in [1.807, 2.05) is 31.2 Å². The molecule has 1 aliphatic carbocycles. The first kappa shape index (κ1) is 24.5. The largest absolute Gasteiger partial charge is 0.494 e. The molecule has 3 aliphatic rings. The van der Waals surface area contributed by atoms with Gasteiger partial charge >= 0.3 is 12.0 Å². The van der Waals surface area contributed by atoms with Crippen LogP contribution in [0.4, 0.5) is 4.79 Å². The molecule has 1 aromatic rings. The van der Waals surface area contributed by atoms with E-state index in [9.17, 15) is 9.59 Å². The van der Waals surface area contributed by atoms with E-state index < -0.39 is 12.0 Å². The average Bonchev–Trinajstić information content (AvgIpc) is 2.85. The Morgan fingerprint density at radius 2 is 1.76 bits per heavy atom. The fourth-order valence-corrected chi connectivity index (χ4v) is 5.39. The van der Waals surface area contributed by atoms with E-state index in [-0.39, 0.29) is 12.6 Å². The number of rotatable bonds is 8. The minimum atomic E-state index is -0.630. The zero-order valence-corrected chi connectivity index (χ0v) is 20.5. The first-order chi connectivity index (χ1) is 16.6. The Balaban J connectivity index is 1.56. The van der Waals surface area contributed by atoms with Crippen LogP contribution < -0.4 is 15.4 Å². The van der Waals surface area contributed by atoms with E-state index in [4.69, 9.17) is 9.47 Å². The molecule has 2 aliphatic heterocycles. The molecule has 2 heterocycles. The molecular formula is C26H38N4O4. The standard InChI is InChI=1S/C26H38N4O4/c1-3-33-22-13-9-8-12-20(22)24-23(25(31)34-4-2)21(27-26(32)28-24)18-29-14-16-30(17-15-29)19-10-6-5-7-11-19/h8-9,12-13,19,24H,3-7,10-11,14-18H2,1-2H3,(H2,27,28,32)/t24-/m0/s1. The summed E-state index contributed by atoms with van der Waals surface area (Å²) in [4.78, 5) is 30.8. The van der Waals surface area contributed by atoms with Crippen molar-refractivity contribution < 1.29 is 19.1 Å². The number of piperazine rings is 1. The normalized spacial score (nSPS) is 22.8. The maximum Gasteiger partial charge on any atom is 0.338 e. The number of hydrogen-bond acceptors (Lipinski definition) is 6. The summed E-state index contributed by atoms with van der Waals surface area (Å²) in [6, 6.07) is 7.29. The second-order valence-corrected chi connectivity index (χ2v) is 9.22. The van der Waals surface area contributed by atoms with Gasteiger partial charge in [0.15, 0.2) is 0 Å². The molecule has 0 spiro atoms. The highest BCUT2D eigenvalue weighted by Crippen LogP contribution is 2.34. The lowest BCUT2D eigenvalue weighted by molar-refractivity contribution is -0.139. The summed E-state index contributed by atoms with van der Waals surface area (Å²) in [6.07, 6.45) is 6.65. The highest BCUT2D eigenvalue weighted by molar-refractivity contribution is 5.95. The fourth-order valence-electron chi connectivity index (χ4n) is 5.39. The van der Waals surface area contributed by atoms with E-state index in [0.29, 0.717) is 36.2 Å². The molecule has 8 nitrogen and oxygen atoms in total. The van der Waals surface area contributed by atoms with Gasteiger partial charge in [-0.1, -0.05) is 37.5 Å². The van der Waals surface area contributed by atoms with Gasteiger partial charge in [0.1, 0.15) is 5.75 Å². The Kier molecular flexibility index (Phi) is 8.45. The number of urea groups is 1. The van der Waals surface area contributed by atoms with Crippen LogP contribution in [0.5, 0.6) is 5.75 Å². The molecule has 8 heteroatoms. The number of nitrogens with zero attached hydrogens (tertiary/aromatic N) is 2. The molecule has 0 radical (unpaired) electrons. The second-order valence-electron chi connectivity index (χ2n) is 9.22. The number of carbonyl (C=O) groups excluding carboxylic acids is 2. The highest BCUT2D eigenvalue weighted by atomic mass is 16.5. The van der Waals surface area contributed by atoms with Crippen molar-refractivity contribution in [2.24, 2.45) is 0 Å². The molecule has 0 bridgehead atoms. The summed E-state index contributed by atoms with van der Waals surface area (Å²) >= 11 is 0. The van der Waals surface area contributed by atoms with Crippen LogP contribution in [0.2, 0.25) is 0 Å².